The van der Waals surface area contributed by atoms with Gasteiger partial charge in [0, 0.05) is 92.3 Å². The Morgan fingerprint density at radius 3 is 2.60 bits per heavy atom. The maximum atomic E-state index is 13.3. The third kappa shape index (κ3) is 6.41. The minimum atomic E-state index is -0.327. The Bertz CT molecular complexity index is 1770. The van der Waals surface area contributed by atoms with Crippen molar-refractivity contribution in [2.45, 2.75) is 38.4 Å². The van der Waals surface area contributed by atoms with Crippen LogP contribution in [0.15, 0.2) is 48.7 Å². The summed E-state index contributed by atoms with van der Waals surface area (Å²) in [6.07, 6.45) is 4.02. The number of halogens is 2. The van der Waals surface area contributed by atoms with Crippen molar-refractivity contribution in [2.24, 2.45) is 7.05 Å². The Hall–Kier alpha value is -3.96. The number of aromatic nitrogens is 3. The number of carbonyl (C=O) groups excluding carboxylic acids is 2. The Morgan fingerprint density at radius 1 is 1.09 bits per heavy atom. The van der Waals surface area contributed by atoms with Crippen molar-refractivity contribution < 1.29 is 14.3 Å². The Morgan fingerprint density at radius 2 is 1.84 bits per heavy atom. The molecular formula is C33H35Cl2N7O3. The Labute approximate surface area is 272 Å². The van der Waals surface area contributed by atoms with Gasteiger partial charge >= 0.3 is 0 Å². The van der Waals surface area contributed by atoms with Crippen LogP contribution >= 0.6 is 23.2 Å². The molecule has 0 spiro atoms. The first-order chi connectivity index (χ1) is 21.7. The number of methoxy groups -OCH3 is 1. The quantitative estimate of drug-likeness (QED) is 0.232. The van der Waals surface area contributed by atoms with Crippen LogP contribution in [0.25, 0.3) is 22.4 Å². The molecule has 2 amide bonds. The van der Waals surface area contributed by atoms with Crippen LogP contribution < -0.4 is 20.7 Å². The number of likely N-dealkylation sites (N-methyl/N-ethyl adjacent to an activating group) is 1. The van der Waals surface area contributed by atoms with E-state index in [1.54, 1.807) is 19.4 Å². The third-order valence-corrected chi connectivity index (χ3v) is 9.23. The third-order valence-electron chi connectivity index (χ3n) is 8.42. The number of fused-ring (bicyclic) bond motifs is 1. The predicted octanol–water partition coefficient (Wildman–Crippen LogP) is 5.07. The van der Waals surface area contributed by atoms with Gasteiger partial charge in [-0.2, -0.15) is 0 Å². The van der Waals surface area contributed by atoms with E-state index in [1.165, 1.54) is 0 Å². The van der Waals surface area contributed by atoms with Crippen molar-refractivity contribution in [1.82, 2.24) is 30.1 Å². The van der Waals surface area contributed by atoms with E-state index in [0.717, 1.165) is 41.9 Å². The van der Waals surface area contributed by atoms with E-state index < -0.39 is 0 Å². The van der Waals surface area contributed by atoms with Crippen LogP contribution in [-0.4, -0.2) is 64.5 Å². The summed E-state index contributed by atoms with van der Waals surface area (Å²) in [5.74, 6) is 0.793. The van der Waals surface area contributed by atoms with Crippen molar-refractivity contribution >= 4 is 40.7 Å². The molecule has 4 aromatic rings. The molecule has 2 aromatic carbocycles. The minimum absolute atomic E-state index is 0.0955. The van der Waals surface area contributed by atoms with Crippen molar-refractivity contribution in [2.75, 3.05) is 32.6 Å². The molecule has 45 heavy (non-hydrogen) atoms. The number of anilines is 1. The molecule has 1 saturated heterocycles. The van der Waals surface area contributed by atoms with Gasteiger partial charge < -0.3 is 30.2 Å². The molecule has 0 bridgehead atoms. The number of carbonyl (C=O) groups is 2. The largest absolute Gasteiger partial charge is 0.496 e. The fraction of sp³-hybridized carbons (Fsp3) is 0.333. The number of nitrogens with one attached hydrogen (secondary N) is 3. The van der Waals surface area contributed by atoms with Gasteiger partial charge in [-0.05, 0) is 19.5 Å². The zero-order valence-electron chi connectivity index (χ0n) is 25.4. The fourth-order valence-electron chi connectivity index (χ4n) is 5.96. The number of pyridine rings is 1. The summed E-state index contributed by atoms with van der Waals surface area (Å²) in [5.41, 5.74) is 6.11. The molecule has 6 rings (SSSR count). The monoisotopic (exact) mass is 647 g/mol. The van der Waals surface area contributed by atoms with Crippen LogP contribution in [0, 0.1) is 0 Å². The number of nitrogens with zero attached hydrogens (tertiary/aromatic N) is 4. The highest BCUT2D eigenvalue weighted by Crippen LogP contribution is 2.41. The lowest BCUT2D eigenvalue weighted by atomic mass is 10.00. The van der Waals surface area contributed by atoms with Gasteiger partial charge in [-0.3, -0.25) is 14.6 Å². The van der Waals surface area contributed by atoms with Gasteiger partial charge in [0.1, 0.15) is 5.75 Å². The van der Waals surface area contributed by atoms with E-state index >= 15 is 0 Å². The lowest BCUT2D eigenvalue weighted by Crippen LogP contribution is -2.35. The smallest absolute Gasteiger partial charge is 0.291 e. The molecule has 4 heterocycles. The van der Waals surface area contributed by atoms with Gasteiger partial charge in [0.2, 0.25) is 5.91 Å². The average molecular weight is 649 g/mol. The summed E-state index contributed by atoms with van der Waals surface area (Å²) in [6.45, 7) is 2.85. The van der Waals surface area contributed by atoms with E-state index in [1.807, 2.05) is 55.1 Å². The second-order valence-electron chi connectivity index (χ2n) is 11.5. The molecule has 1 atom stereocenters. The van der Waals surface area contributed by atoms with Crippen molar-refractivity contribution in [3.63, 3.8) is 0 Å². The molecule has 3 N–H and O–H groups in total. The number of imidazole rings is 1. The van der Waals surface area contributed by atoms with Gasteiger partial charge in [-0.1, -0.05) is 53.5 Å². The van der Waals surface area contributed by atoms with Gasteiger partial charge in [-0.15, -0.1) is 0 Å². The Balaban J connectivity index is 1.22. The van der Waals surface area contributed by atoms with Crippen LogP contribution in [0.2, 0.25) is 10.0 Å². The second-order valence-corrected chi connectivity index (χ2v) is 12.2. The highest BCUT2D eigenvalue weighted by molar-refractivity contribution is 6.39. The summed E-state index contributed by atoms with van der Waals surface area (Å²) in [6, 6.07) is 13.1. The lowest BCUT2D eigenvalue weighted by molar-refractivity contribution is -0.119. The Kier molecular flexibility index (Phi) is 9.09. The summed E-state index contributed by atoms with van der Waals surface area (Å²) in [5, 5.41) is 10.1. The minimum Gasteiger partial charge on any atom is -0.496 e. The van der Waals surface area contributed by atoms with Crippen LogP contribution in [0.1, 0.15) is 40.4 Å². The molecule has 10 nitrogen and oxygen atoms in total. The normalized spacial score (nSPS) is 16.4. The van der Waals surface area contributed by atoms with E-state index in [2.05, 4.69) is 25.8 Å². The first-order valence-electron chi connectivity index (χ1n) is 14.9. The molecule has 2 aliphatic heterocycles. The van der Waals surface area contributed by atoms with Crippen LogP contribution in [0.3, 0.4) is 0 Å². The van der Waals surface area contributed by atoms with Crippen LogP contribution in [0.5, 0.6) is 5.75 Å². The highest BCUT2D eigenvalue weighted by atomic mass is 35.5. The van der Waals surface area contributed by atoms with Crippen LogP contribution in [0.4, 0.5) is 5.69 Å². The van der Waals surface area contributed by atoms with Gasteiger partial charge in [0.05, 0.1) is 34.2 Å². The zero-order chi connectivity index (χ0) is 31.7. The average Bonchev–Trinajstić information content (AvgIpc) is 3.60. The predicted molar refractivity (Wildman–Crippen MR) is 176 cm³/mol. The summed E-state index contributed by atoms with van der Waals surface area (Å²) in [7, 11) is 5.54. The van der Waals surface area contributed by atoms with E-state index in [0.29, 0.717) is 70.2 Å². The van der Waals surface area contributed by atoms with Gasteiger partial charge in [0.25, 0.3) is 5.91 Å². The van der Waals surface area contributed by atoms with Crippen molar-refractivity contribution in [3.05, 3.63) is 81.5 Å². The number of benzene rings is 2. The van der Waals surface area contributed by atoms with Crippen LogP contribution in [-0.2, 0) is 31.4 Å². The van der Waals surface area contributed by atoms with Crippen molar-refractivity contribution in [3.8, 4) is 28.1 Å². The molecule has 2 aromatic heterocycles. The van der Waals surface area contributed by atoms with E-state index in [-0.39, 0.29) is 17.9 Å². The molecule has 0 saturated carbocycles. The maximum Gasteiger partial charge on any atom is 0.291 e. The molecular weight excluding hydrogens is 613 g/mol. The second kappa shape index (κ2) is 13.2. The number of rotatable bonds is 9. The summed E-state index contributed by atoms with van der Waals surface area (Å²) >= 11 is 13.9. The van der Waals surface area contributed by atoms with Crippen molar-refractivity contribution in [1.29, 1.82) is 0 Å². The summed E-state index contributed by atoms with van der Waals surface area (Å²) in [4.78, 5) is 36.3. The first-order valence-corrected chi connectivity index (χ1v) is 15.6. The number of amides is 2. The maximum absolute atomic E-state index is 13.3. The lowest BCUT2D eigenvalue weighted by Gasteiger charge is -2.21. The molecule has 234 valence electrons. The SMILES string of the molecule is COc1cc(-c2cccc(-c3cccc(NC(=O)c4nc5c(n4C)CCN(C)C5)c3Cl)c2Cl)ncc1CNC[C@@H]1CCC(=O)N1. The first kappa shape index (κ1) is 31.0. The number of ether oxygens (including phenoxy) is 1. The highest BCUT2D eigenvalue weighted by Gasteiger charge is 2.25. The number of hydrogen-bond acceptors (Lipinski definition) is 7. The van der Waals surface area contributed by atoms with E-state index in [9.17, 15) is 9.59 Å². The summed E-state index contributed by atoms with van der Waals surface area (Å²) < 4.78 is 7.56. The zero-order valence-corrected chi connectivity index (χ0v) is 26.9. The molecule has 2 aliphatic rings. The standard InChI is InChI=1S/C33H35Cl2N7O3/c1-41-13-12-27-26(18-41)39-32(42(27)2)33(44)40-24-9-5-7-22(31(24)35)21-6-4-8-23(30(21)34)25-14-28(45-3)19(16-37-25)15-36-17-20-10-11-29(43)38-20/h4-9,14,16,20,36H,10-13,15,17-18H2,1-3H3,(H,38,43)(H,40,44)/t20-/m0/s1. The number of hydrogen-bond donors (Lipinski definition) is 3. The molecule has 12 heteroatoms. The molecule has 1 fully saturated rings. The topological polar surface area (TPSA) is 113 Å². The molecule has 0 aliphatic carbocycles. The van der Waals surface area contributed by atoms with Gasteiger partial charge in [0.15, 0.2) is 5.82 Å². The fourth-order valence-corrected chi connectivity index (χ4v) is 6.56. The van der Waals surface area contributed by atoms with E-state index in [4.69, 9.17) is 32.9 Å². The molecule has 0 radical (unpaired) electrons. The van der Waals surface area contributed by atoms with Gasteiger partial charge in [-0.25, -0.2) is 4.98 Å². The molecule has 0 unspecified atom stereocenters.